The fourth-order valence-corrected chi connectivity index (χ4v) is 3.60. The average molecular weight is 284 g/mol. The van der Waals surface area contributed by atoms with Crippen LogP contribution >= 0.6 is 11.8 Å². The molecule has 0 unspecified atom stereocenters. The first-order chi connectivity index (χ1) is 9.83. The third-order valence-electron chi connectivity index (χ3n) is 4.00. The summed E-state index contributed by atoms with van der Waals surface area (Å²) in [6.45, 7) is 2.66. The van der Waals surface area contributed by atoms with Crippen LogP contribution in [0.2, 0.25) is 0 Å². The van der Waals surface area contributed by atoms with Crippen molar-refractivity contribution in [2.75, 3.05) is 17.7 Å². The molecule has 1 aliphatic rings. The van der Waals surface area contributed by atoms with Gasteiger partial charge in [0.2, 0.25) is 0 Å². The summed E-state index contributed by atoms with van der Waals surface area (Å²) < 4.78 is 0. The minimum absolute atomic E-state index is 0.602. The first-order valence-electron chi connectivity index (χ1n) is 7.01. The Kier molecular flexibility index (Phi) is 3.99. The molecule has 20 heavy (non-hydrogen) atoms. The summed E-state index contributed by atoms with van der Waals surface area (Å²) in [4.78, 5) is 3.76. The average Bonchev–Trinajstić information content (AvgIpc) is 2.53. The lowest BCUT2D eigenvalue weighted by atomic mass is 9.98. The van der Waals surface area contributed by atoms with E-state index in [0.29, 0.717) is 6.54 Å². The molecule has 0 fully saturated rings. The van der Waals surface area contributed by atoms with Crippen LogP contribution in [0.5, 0.6) is 0 Å². The molecule has 0 saturated heterocycles. The van der Waals surface area contributed by atoms with Gasteiger partial charge in [0, 0.05) is 35.8 Å². The Labute approximate surface area is 125 Å². The number of rotatable bonds is 3. The Balaban J connectivity index is 1.95. The van der Waals surface area contributed by atoms with Crippen LogP contribution in [-0.4, -0.2) is 12.8 Å². The van der Waals surface area contributed by atoms with Crippen molar-refractivity contribution in [1.82, 2.24) is 0 Å². The van der Waals surface area contributed by atoms with Gasteiger partial charge in [0.25, 0.3) is 0 Å². The summed E-state index contributed by atoms with van der Waals surface area (Å²) in [5, 5.41) is 0. The second-order valence-corrected chi connectivity index (χ2v) is 5.95. The van der Waals surface area contributed by atoms with Gasteiger partial charge in [-0.2, -0.15) is 0 Å². The zero-order chi connectivity index (χ0) is 13.9. The van der Waals surface area contributed by atoms with E-state index in [1.165, 1.54) is 27.3 Å². The second-order valence-electron chi connectivity index (χ2n) is 5.10. The van der Waals surface area contributed by atoms with Gasteiger partial charge in [0.15, 0.2) is 0 Å². The summed E-state index contributed by atoms with van der Waals surface area (Å²) >= 11 is 1.78. The highest BCUT2D eigenvalue weighted by Crippen LogP contribution is 2.32. The number of benzene rings is 2. The van der Waals surface area contributed by atoms with Crippen LogP contribution in [-0.2, 0) is 19.5 Å². The summed E-state index contributed by atoms with van der Waals surface area (Å²) in [6, 6.07) is 15.3. The number of hydrogen-bond acceptors (Lipinski definition) is 3. The number of hydrogen-bond donors (Lipinski definition) is 1. The fourth-order valence-electron chi connectivity index (χ4n) is 2.95. The first kappa shape index (κ1) is 13.5. The number of thioether (sulfide) groups is 1. The molecule has 2 aromatic rings. The minimum Gasteiger partial charge on any atom is -0.367 e. The molecule has 0 amide bonds. The number of fused-ring (bicyclic) bond motifs is 1. The van der Waals surface area contributed by atoms with Gasteiger partial charge in [-0.3, -0.25) is 0 Å². The van der Waals surface area contributed by atoms with Crippen molar-refractivity contribution >= 4 is 17.4 Å². The molecule has 0 spiro atoms. The number of anilines is 1. The van der Waals surface area contributed by atoms with Crippen molar-refractivity contribution < 1.29 is 0 Å². The Morgan fingerprint density at radius 3 is 2.65 bits per heavy atom. The van der Waals surface area contributed by atoms with E-state index in [9.17, 15) is 0 Å². The van der Waals surface area contributed by atoms with E-state index in [4.69, 9.17) is 5.73 Å². The SMILES string of the molecule is CSc1cccc(N2CCc3ccccc3C2)c1CN. The molecule has 0 radical (unpaired) electrons. The third kappa shape index (κ3) is 2.43. The van der Waals surface area contributed by atoms with Gasteiger partial charge in [-0.15, -0.1) is 11.8 Å². The lowest BCUT2D eigenvalue weighted by Crippen LogP contribution is -2.31. The molecule has 0 saturated carbocycles. The van der Waals surface area contributed by atoms with E-state index in [1.54, 1.807) is 11.8 Å². The van der Waals surface area contributed by atoms with Crippen LogP contribution in [0.25, 0.3) is 0 Å². The first-order valence-corrected chi connectivity index (χ1v) is 8.23. The minimum atomic E-state index is 0.602. The summed E-state index contributed by atoms with van der Waals surface area (Å²) in [6.07, 6.45) is 3.23. The smallest absolute Gasteiger partial charge is 0.0432 e. The maximum atomic E-state index is 5.99. The van der Waals surface area contributed by atoms with Crippen LogP contribution in [0.4, 0.5) is 5.69 Å². The number of nitrogens with two attached hydrogens (primary N) is 1. The summed E-state index contributed by atoms with van der Waals surface area (Å²) in [5.74, 6) is 0. The molecule has 3 rings (SSSR count). The van der Waals surface area contributed by atoms with Crippen LogP contribution in [0.1, 0.15) is 16.7 Å². The molecule has 2 aromatic carbocycles. The predicted molar refractivity (Wildman–Crippen MR) is 87.3 cm³/mol. The lowest BCUT2D eigenvalue weighted by Gasteiger charge is -2.32. The summed E-state index contributed by atoms with van der Waals surface area (Å²) in [5.41, 5.74) is 11.5. The molecule has 0 aliphatic carbocycles. The Bertz CT molecular complexity index is 610. The van der Waals surface area contributed by atoms with Crippen molar-refractivity contribution in [3.8, 4) is 0 Å². The van der Waals surface area contributed by atoms with Crippen LogP contribution in [0, 0.1) is 0 Å². The molecular weight excluding hydrogens is 264 g/mol. The van der Waals surface area contributed by atoms with Crippen molar-refractivity contribution in [3.05, 3.63) is 59.2 Å². The molecule has 2 N–H and O–H groups in total. The monoisotopic (exact) mass is 284 g/mol. The Hall–Kier alpha value is -1.45. The molecule has 1 heterocycles. The quantitative estimate of drug-likeness (QED) is 0.876. The largest absolute Gasteiger partial charge is 0.367 e. The lowest BCUT2D eigenvalue weighted by molar-refractivity contribution is 0.725. The van der Waals surface area contributed by atoms with Gasteiger partial charge in [-0.25, -0.2) is 0 Å². The zero-order valence-corrected chi connectivity index (χ0v) is 12.6. The maximum Gasteiger partial charge on any atom is 0.0432 e. The molecular formula is C17H20N2S. The van der Waals surface area contributed by atoms with E-state index in [-0.39, 0.29) is 0 Å². The van der Waals surface area contributed by atoms with E-state index >= 15 is 0 Å². The topological polar surface area (TPSA) is 29.3 Å². The van der Waals surface area contributed by atoms with Crippen molar-refractivity contribution in [3.63, 3.8) is 0 Å². The molecule has 0 atom stereocenters. The zero-order valence-electron chi connectivity index (χ0n) is 11.8. The van der Waals surface area contributed by atoms with Crippen molar-refractivity contribution in [1.29, 1.82) is 0 Å². The summed E-state index contributed by atoms with van der Waals surface area (Å²) in [7, 11) is 0. The van der Waals surface area contributed by atoms with Gasteiger partial charge < -0.3 is 10.6 Å². The van der Waals surface area contributed by atoms with Crippen LogP contribution in [0.3, 0.4) is 0 Å². The molecule has 0 aromatic heterocycles. The maximum absolute atomic E-state index is 5.99. The second kappa shape index (κ2) is 5.90. The predicted octanol–water partition coefficient (Wildman–Crippen LogP) is 3.43. The highest BCUT2D eigenvalue weighted by atomic mass is 32.2. The van der Waals surface area contributed by atoms with Crippen LogP contribution in [0.15, 0.2) is 47.4 Å². The Morgan fingerprint density at radius 2 is 1.90 bits per heavy atom. The van der Waals surface area contributed by atoms with E-state index in [0.717, 1.165) is 19.5 Å². The third-order valence-corrected chi connectivity index (χ3v) is 4.83. The molecule has 3 heteroatoms. The highest BCUT2D eigenvalue weighted by Gasteiger charge is 2.19. The van der Waals surface area contributed by atoms with Gasteiger partial charge in [-0.05, 0) is 35.9 Å². The number of nitrogens with zero attached hydrogens (tertiary/aromatic N) is 1. The van der Waals surface area contributed by atoms with E-state index < -0.39 is 0 Å². The van der Waals surface area contributed by atoms with Gasteiger partial charge in [-0.1, -0.05) is 30.3 Å². The molecule has 0 bridgehead atoms. The standard InChI is InChI=1S/C17H20N2S/c1-20-17-8-4-7-16(15(17)11-18)19-10-9-13-5-2-3-6-14(13)12-19/h2-8H,9-12,18H2,1H3. The Morgan fingerprint density at radius 1 is 1.10 bits per heavy atom. The van der Waals surface area contributed by atoms with Crippen LogP contribution < -0.4 is 10.6 Å². The van der Waals surface area contributed by atoms with Gasteiger partial charge in [0.1, 0.15) is 0 Å². The van der Waals surface area contributed by atoms with E-state index in [1.807, 2.05) is 0 Å². The molecule has 2 nitrogen and oxygen atoms in total. The normalized spacial score (nSPS) is 14.2. The molecule has 1 aliphatic heterocycles. The van der Waals surface area contributed by atoms with Gasteiger partial charge in [0.05, 0.1) is 0 Å². The fraction of sp³-hybridized carbons (Fsp3) is 0.294. The van der Waals surface area contributed by atoms with Crippen molar-refractivity contribution in [2.24, 2.45) is 5.73 Å². The van der Waals surface area contributed by atoms with Crippen molar-refractivity contribution in [2.45, 2.75) is 24.4 Å². The molecule has 104 valence electrons. The van der Waals surface area contributed by atoms with Gasteiger partial charge >= 0.3 is 0 Å². The highest BCUT2D eigenvalue weighted by molar-refractivity contribution is 7.98. The van der Waals surface area contributed by atoms with E-state index in [2.05, 4.69) is 53.6 Å².